The summed E-state index contributed by atoms with van der Waals surface area (Å²) >= 11 is 3.36. The molecule has 82 valence electrons. The first-order valence-corrected chi connectivity index (χ1v) is 8.89. The number of carbonyl (C=O) groups excluding carboxylic acids is 1. The molecule has 1 heterocycles. The second-order valence-corrected chi connectivity index (χ2v) is 10.1. The third-order valence-corrected chi connectivity index (χ3v) is 4.50. The number of carbonyl (C=O) groups is 1. The van der Waals surface area contributed by atoms with E-state index < -0.39 is 8.07 Å². The first-order chi connectivity index (χ1) is 6.90. The lowest BCUT2D eigenvalue weighted by Crippen LogP contribution is -2.40. The summed E-state index contributed by atoms with van der Waals surface area (Å²) in [7, 11) is 0.0385. The van der Waals surface area contributed by atoms with Crippen molar-refractivity contribution >= 4 is 35.6 Å². The van der Waals surface area contributed by atoms with Crippen LogP contribution >= 0.6 is 15.9 Å². The Hall–Kier alpha value is -0.683. The SMILES string of the molecule is COc1nc([Si](C)(C)C)cc(Br)c1C=O. The van der Waals surface area contributed by atoms with E-state index in [2.05, 4.69) is 40.6 Å². The van der Waals surface area contributed by atoms with E-state index in [1.165, 1.54) is 7.11 Å². The topological polar surface area (TPSA) is 39.2 Å². The second-order valence-electron chi connectivity index (χ2n) is 4.28. The van der Waals surface area contributed by atoms with E-state index in [4.69, 9.17) is 4.74 Å². The van der Waals surface area contributed by atoms with Gasteiger partial charge in [-0.15, -0.1) is 0 Å². The fourth-order valence-corrected chi connectivity index (χ4v) is 2.85. The van der Waals surface area contributed by atoms with Gasteiger partial charge >= 0.3 is 0 Å². The van der Waals surface area contributed by atoms with Crippen molar-refractivity contribution in [2.45, 2.75) is 19.6 Å². The van der Waals surface area contributed by atoms with Crippen molar-refractivity contribution in [3.8, 4) is 5.88 Å². The predicted molar refractivity (Wildman–Crippen MR) is 66.9 cm³/mol. The molecule has 0 fully saturated rings. The molecule has 15 heavy (non-hydrogen) atoms. The molecule has 0 radical (unpaired) electrons. The van der Waals surface area contributed by atoms with Crippen LogP contribution in [0.15, 0.2) is 10.5 Å². The largest absolute Gasteiger partial charge is 0.480 e. The highest BCUT2D eigenvalue weighted by Gasteiger charge is 2.21. The van der Waals surface area contributed by atoms with Gasteiger partial charge in [0, 0.05) is 9.79 Å². The minimum atomic E-state index is -1.49. The number of rotatable bonds is 3. The smallest absolute Gasteiger partial charge is 0.224 e. The maximum Gasteiger partial charge on any atom is 0.224 e. The van der Waals surface area contributed by atoms with Gasteiger partial charge in [-0.1, -0.05) is 19.6 Å². The van der Waals surface area contributed by atoms with Gasteiger partial charge in [-0.25, -0.2) is 4.98 Å². The molecule has 1 aromatic heterocycles. The van der Waals surface area contributed by atoms with Gasteiger partial charge < -0.3 is 4.74 Å². The zero-order valence-electron chi connectivity index (χ0n) is 9.30. The number of pyridine rings is 1. The summed E-state index contributed by atoms with van der Waals surface area (Å²) in [6.07, 6.45) is 0.754. The molecule has 0 amide bonds. The minimum Gasteiger partial charge on any atom is -0.480 e. The number of hydrogen-bond donors (Lipinski definition) is 0. The third-order valence-electron chi connectivity index (χ3n) is 2.05. The lowest BCUT2D eigenvalue weighted by atomic mass is 10.3. The lowest BCUT2D eigenvalue weighted by molar-refractivity contribution is 0.111. The maximum atomic E-state index is 10.8. The average Bonchev–Trinajstić information content (AvgIpc) is 2.15. The molecule has 1 aromatic rings. The van der Waals surface area contributed by atoms with Gasteiger partial charge in [0.2, 0.25) is 5.88 Å². The lowest BCUT2D eigenvalue weighted by Gasteiger charge is -2.17. The molecule has 0 aliphatic rings. The van der Waals surface area contributed by atoms with Crippen LogP contribution in [0.25, 0.3) is 0 Å². The Balaban J connectivity index is 3.38. The van der Waals surface area contributed by atoms with Crippen molar-refractivity contribution in [1.29, 1.82) is 0 Å². The summed E-state index contributed by atoms with van der Waals surface area (Å²) in [6, 6.07) is 1.92. The summed E-state index contributed by atoms with van der Waals surface area (Å²) in [5, 5.41) is 1.02. The van der Waals surface area contributed by atoms with Gasteiger partial charge in [-0.05, 0) is 22.0 Å². The minimum absolute atomic E-state index is 0.400. The Labute approximate surface area is 99.0 Å². The highest BCUT2D eigenvalue weighted by molar-refractivity contribution is 9.10. The first-order valence-electron chi connectivity index (χ1n) is 4.60. The standard InChI is InChI=1S/C10H14BrNO2Si/c1-14-10-7(6-13)8(11)5-9(12-10)15(2,3)4/h5-6H,1-4H3. The molecule has 0 aliphatic carbocycles. The summed E-state index contributed by atoms with van der Waals surface area (Å²) in [5.41, 5.74) is 0.472. The molecule has 0 unspecified atom stereocenters. The molecule has 0 spiro atoms. The molecule has 3 nitrogen and oxygen atoms in total. The number of halogens is 1. The van der Waals surface area contributed by atoms with Crippen LogP contribution in [-0.4, -0.2) is 26.5 Å². The fourth-order valence-electron chi connectivity index (χ4n) is 1.15. The number of aromatic nitrogens is 1. The maximum absolute atomic E-state index is 10.8. The van der Waals surface area contributed by atoms with Crippen LogP contribution in [0.5, 0.6) is 5.88 Å². The number of aldehydes is 1. The molecule has 1 rings (SSSR count). The first kappa shape index (κ1) is 12.4. The van der Waals surface area contributed by atoms with E-state index in [0.29, 0.717) is 11.4 Å². The Kier molecular flexibility index (Phi) is 3.67. The number of nitrogens with zero attached hydrogens (tertiary/aromatic N) is 1. The molecule has 0 aliphatic heterocycles. The molecule has 0 saturated carbocycles. The van der Waals surface area contributed by atoms with E-state index in [1.807, 2.05) is 6.07 Å². The molecule has 0 bridgehead atoms. The highest BCUT2D eigenvalue weighted by Crippen LogP contribution is 2.22. The highest BCUT2D eigenvalue weighted by atomic mass is 79.9. The van der Waals surface area contributed by atoms with Crippen LogP contribution in [0.4, 0.5) is 0 Å². The number of methoxy groups -OCH3 is 1. The van der Waals surface area contributed by atoms with Crippen LogP contribution in [0.3, 0.4) is 0 Å². The van der Waals surface area contributed by atoms with Gasteiger partial charge in [0.25, 0.3) is 0 Å². The normalized spacial score (nSPS) is 11.3. The zero-order chi connectivity index (χ0) is 11.6. The molecule has 0 N–H and O–H groups in total. The van der Waals surface area contributed by atoms with Crippen LogP contribution < -0.4 is 10.1 Å². The third kappa shape index (κ3) is 2.66. The van der Waals surface area contributed by atoms with Crippen molar-refractivity contribution in [3.63, 3.8) is 0 Å². The summed E-state index contributed by atoms with van der Waals surface area (Å²) in [4.78, 5) is 15.2. The second kappa shape index (κ2) is 4.45. The van der Waals surface area contributed by atoms with E-state index in [9.17, 15) is 4.79 Å². The molecular formula is C10H14BrNO2Si. The molecule has 0 saturated heterocycles. The average molecular weight is 288 g/mol. The van der Waals surface area contributed by atoms with Crippen molar-refractivity contribution in [1.82, 2.24) is 4.98 Å². The van der Waals surface area contributed by atoms with Gasteiger partial charge in [0.1, 0.15) is 8.07 Å². The quantitative estimate of drug-likeness (QED) is 0.632. The number of ether oxygens (including phenoxy) is 1. The molecule has 0 aromatic carbocycles. The van der Waals surface area contributed by atoms with Gasteiger partial charge in [-0.3, -0.25) is 4.79 Å². The van der Waals surface area contributed by atoms with Crippen molar-refractivity contribution in [2.75, 3.05) is 7.11 Å². The van der Waals surface area contributed by atoms with E-state index in [1.54, 1.807) is 0 Å². The van der Waals surface area contributed by atoms with Gasteiger partial charge in [-0.2, -0.15) is 0 Å². The molecule has 5 heteroatoms. The summed E-state index contributed by atoms with van der Waals surface area (Å²) in [5.74, 6) is 0.400. The van der Waals surface area contributed by atoms with Crippen LogP contribution in [0.2, 0.25) is 19.6 Å². The van der Waals surface area contributed by atoms with Crippen LogP contribution in [0.1, 0.15) is 10.4 Å². The number of hydrogen-bond acceptors (Lipinski definition) is 3. The van der Waals surface area contributed by atoms with Gasteiger partial charge in [0.15, 0.2) is 6.29 Å². The van der Waals surface area contributed by atoms with E-state index in [-0.39, 0.29) is 0 Å². The zero-order valence-corrected chi connectivity index (χ0v) is 11.9. The summed E-state index contributed by atoms with van der Waals surface area (Å²) < 4.78 is 5.85. The van der Waals surface area contributed by atoms with E-state index >= 15 is 0 Å². The Bertz CT molecular complexity index is 388. The van der Waals surface area contributed by atoms with Crippen molar-refractivity contribution in [3.05, 3.63) is 16.1 Å². The predicted octanol–water partition coefficient (Wildman–Crippen LogP) is 2.21. The van der Waals surface area contributed by atoms with Crippen LogP contribution in [0, 0.1) is 0 Å². The summed E-state index contributed by atoms with van der Waals surface area (Å²) in [6.45, 7) is 6.59. The molecule has 0 atom stereocenters. The fraction of sp³-hybridized carbons (Fsp3) is 0.400. The van der Waals surface area contributed by atoms with Crippen molar-refractivity contribution < 1.29 is 9.53 Å². The van der Waals surface area contributed by atoms with Crippen LogP contribution in [-0.2, 0) is 0 Å². The monoisotopic (exact) mass is 287 g/mol. The Morgan fingerprint density at radius 2 is 2.07 bits per heavy atom. The van der Waals surface area contributed by atoms with Crippen molar-refractivity contribution in [2.24, 2.45) is 0 Å². The van der Waals surface area contributed by atoms with Gasteiger partial charge in [0.05, 0.1) is 12.7 Å². The van der Waals surface area contributed by atoms with E-state index in [0.717, 1.165) is 16.1 Å². The molecular weight excluding hydrogens is 274 g/mol. The Morgan fingerprint density at radius 1 is 1.47 bits per heavy atom. The Morgan fingerprint density at radius 3 is 2.47 bits per heavy atom.